The zero-order valence-corrected chi connectivity index (χ0v) is 9.41. The number of aromatic nitrogens is 1. The summed E-state index contributed by atoms with van der Waals surface area (Å²) in [5, 5.41) is 2.82. The number of aryl methyl sites for hydroxylation is 1. The van der Waals surface area contributed by atoms with E-state index in [-0.39, 0.29) is 5.91 Å². The summed E-state index contributed by atoms with van der Waals surface area (Å²) in [6.07, 6.45) is 1.38. The number of fused-ring (bicyclic) bond motifs is 1. The van der Waals surface area contributed by atoms with E-state index in [4.69, 9.17) is 4.42 Å². The highest BCUT2D eigenvalue weighted by molar-refractivity contribution is 5.92. The molecule has 0 saturated carbocycles. The molecule has 1 aromatic heterocycles. The second-order valence-corrected chi connectivity index (χ2v) is 3.71. The van der Waals surface area contributed by atoms with E-state index in [1.54, 1.807) is 6.92 Å². The maximum atomic E-state index is 11.4. The lowest BCUT2D eigenvalue weighted by Gasteiger charge is -2.02. The summed E-state index contributed by atoms with van der Waals surface area (Å²) in [6, 6.07) is 5.46. The van der Waals surface area contributed by atoms with Crippen molar-refractivity contribution >= 4 is 22.7 Å². The molecule has 0 saturated heterocycles. The highest BCUT2D eigenvalue weighted by atomic mass is 16.3. The van der Waals surface area contributed by atoms with E-state index in [0.29, 0.717) is 12.3 Å². The largest absolute Gasteiger partial charge is 0.441 e. The summed E-state index contributed by atoms with van der Waals surface area (Å²) in [6.45, 7) is 3.78. The number of oxazole rings is 1. The molecule has 4 nitrogen and oxygen atoms in total. The number of hydrogen-bond donors (Lipinski definition) is 1. The number of carbonyl (C=O) groups is 1. The number of amides is 1. The van der Waals surface area contributed by atoms with Gasteiger partial charge in [-0.15, -0.1) is 0 Å². The van der Waals surface area contributed by atoms with Crippen LogP contribution in [-0.2, 0) is 4.79 Å². The quantitative estimate of drug-likeness (QED) is 0.861. The van der Waals surface area contributed by atoms with E-state index in [0.717, 1.165) is 23.2 Å². The van der Waals surface area contributed by atoms with E-state index in [2.05, 4.69) is 10.3 Å². The number of carbonyl (C=O) groups excluding carboxylic acids is 1. The molecule has 1 aromatic carbocycles. The van der Waals surface area contributed by atoms with E-state index in [9.17, 15) is 4.79 Å². The Balaban J connectivity index is 2.22. The first-order chi connectivity index (χ1) is 7.69. The van der Waals surface area contributed by atoms with Crippen molar-refractivity contribution in [1.29, 1.82) is 0 Å². The normalized spacial score (nSPS) is 10.6. The lowest BCUT2D eigenvalue weighted by molar-refractivity contribution is -0.116. The fourth-order valence-corrected chi connectivity index (χ4v) is 1.57. The summed E-state index contributed by atoms with van der Waals surface area (Å²) in [4.78, 5) is 15.6. The standard InChI is InChI=1S/C12H14N2O2/c1-3-4-12(15)14-9-5-6-11-10(7-9)13-8(2)16-11/h5-7H,3-4H2,1-2H3,(H,14,15). The molecule has 2 rings (SSSR count). The van der Waals surface area contributed by atoms with Gasteiger partial charge in [0.2, 0.25) is 5.91 Å². The van der Waals surface area contributed by atoms with Crippen molar-refractivity contribution in [2.75, 3.05) is 5.32 Å². The van der Waals surface area contributed by atoms with E-state index in [1.807, 2.05) is 25.1 Å². The van der Waals surface area contributed by atoms with Crippen LogP contribution in [0.4, 0.5) is 5.69 Å². The van der Waals surface area contributed by atoms with Gasteiger partial charge in [0.05, 0.1) is 0 Å². The third kappa shape index (κ3) is 2.21. The van der Waals surface area contributed by atoms with Crippen molar-refractivity contribution in [1.82, 2.24) is 4.98 Å². The number of nitrogens with zero attached hydrogens (tertiary/aromatic N) is 1. The molecular formula is C12H14N2O2. The maximum absolute atomic E-state index is 11.4. The van der Waals surface area contributed by atoms with Gasteiger partial charge < -0.3 is 9.73 Å². The second-order valence-electron chi connectivity index (χ2n) is 3.71. The zero-order valence-electron chi connectivity index (χ0n) is 9.41. The van der Waals surface area contributed by atoms with Gasteiger partial charge in [0.15, 0.2) is 11.5 Å². The lowest BCUT2D eigenvalue weighted by atomic mass is 10.2. The number of hydrogen-bond acceptors (Lipinski definition) is 3. The Bertz CT molecular complexity index is 517. The van der Waals surface area contributed by atoms with Gasteiger partial charge in [-0.3, -0.25) is 4.79 Å². The fraction of sp³-hybridized carbons (Fsp3) is 0.333. The molecule has 0 aliphatic carbocycles. The van der Waals surface area contributed by atoms with Gasteiger partial charge >= 0.3 is 0 Å². The van der Waals surface area contributed by atoms with E-state index in [1.165, 1.54) is 0 Å². The minimum absolute atomic E-state index is 0.0297. The van der Waals surface area contributed by atoms with E-state index < -0.39 is 0 Å². The second kappa shape index (κ2) is 4.35. The lowest BCUT2D eigenvalue weighted by Crippen LogP contribution is -2.10. The molecule has 2 aromatic rings. The average molecular weight is 218 g/mol. The van der Waals surface area contributed by atoms with Crippen LogP contribution in [-0.4, -0.2) is 10.9 Å². The average Bonchev–Trinajstić information content (AvgIpc) is 2.57. The van der Waals surface area contributed by atoms with Crippen LogP contribution < -0.4 is 5.32 Å². The Hall–Kier alpha value is -1.84. The molecular weight excluding hydrogens is 204 g/mol. The Morgan fingerprint density at radius 3 is 3.06 bits per heavy atom. The first-order valence-electron chi connectivity index (χ1n) is 5.36. The Kier molecular flexibility index (Phi) is 2.90. The van der Waals surface area contributed by atoms with E-state index >= 15 is 0 Å². The molecule has 1 amide bonds. The Morgan fingerprint density at radius 2 is 2.31 bits per heavy atom. The third-order valence-corrected chi connectivity index (χ3v) is 2.26. The van der Waals surface area contributed by atoms with Gasteiger partial charge in [0, 0.05) is 19.0 Å². The first-order valence-corrected chi connectivity index (χ1v) is 5.36. The first kappa shape index (κ1) is 10.7. The van der Waals surface area contributed by atoms with Crippen molar-refractivity contribution in [2.24, 2.45) is 0 Å². The summed E-state index contributed by atoms with van der Waals surface area (Å²) < 4.78 is 5.35. The van der Waals surface area contributed by atoms with Crippen LogP contribution in [0.5, 0.6) is 0 Å². The molecule has 0 fully saturated rings. The molecule has 0 radical (unpaired) electrons. The van der Waals surface area contributed by atoms with Gasteiger partial charge in [-0.25, -0.2) is 4.98 Å². The molecule has 1 heterocycles. The van der Waals surface area contributed by atoms with Gasteiger partial charge in [0.25, 0.3) is 0 Å². The number of anilines is 1. The molecule has 0 aliphatic rings. The summed E-state index contributed by atoms with van der Waals surface area (Å²) in [7, 11) is 0. The zero-order chi connectivity index (χ0) is 11.5. The van der Waals surface area contributed by atoms with Crippen LogP contribution in [0, 0.1) is 6.92 Å². The SMILES string of the molecule is CCCC(=O)Nc1ccc2oc(C)nc2c1. The smallest absolute Gasteiger partial charge is 0.224 e. The van der Waals surface area contributed by atoms with Crippen LogP contribution in [0.3, 0.4) is 0 Å². The molecule has 0 spiro atoms. The van der Waals surface area contributed by atoms with Crippen LogP contribution in [0.1, 0.15) is 25.7 Å². The van der Waals surface area contributed by atoms with Gasteiger partial charge in [-0.05, 0) is 24.6 Å². The topological polar surface area (TPSA) is 55.1 Å². The maximum Gasteiger partial charge on any atom is 0.224 e. The fourth-order valence-electron chi connectivity index (χ4n) is 1.57. The minimum Gasteiger partial charge on any atom is -0.441 e. The predicted molar refractivity (Wildman–Crippen MR) is 62.3 cm³/mol. The minimum atomic E-state index is 0.0297. The molecule has 0 bridgehead atoms. The van der Waals surface area contributed by atoms with Gasteiger partial charge in [-0.1, -0.05) is 6.92 Å². The molecule has 16 heavy (non-hydrogen) atoms. The summed E-state index contributed by atoms with van der Waals surface area (Å²) in [5.74, 6) is 0.661. The van der Waals surface area contributed by atoms with Gasteiger partial charge in [0.1, 0.15) is 5.52 Å². The number of benzene rings is 1. The highest BCUT2D eigenvalue weighted by Crippen LogP contribution is 2.19. The Labute approximate surface area is 93.7 Å². The van der Waals surface area contributed by atoms with Crippen LogP contribution in [0.15, 0.2) is 22.6 Å². The summed E-state index contributed by atoms with van der Waals surface area (Å²) in [5.41, 5.74) is 2.28. The highest BCUT2D eigenvalue weighted by Gasteiger charge is 2.05. The van der Waals surface area contributed by atoms with Crippen LogP contribution in [0.25, 0.3) is 11.1 Å². The van der Waals surface area contributed by atoms with Gasteiger partial charge in [-0.2, -0.15) is 0 Å². The van der Waals surface area contributed by atoms with Crippen LogP contribution >= 0.6 is 0 Å². The molecule has 0 atom stereocenters. The Morgan fingerprint density at radius 1 is 1.50 bits per heavy atom. The monoisotopic (exact) mass is 218 g/mol. The molecule has 1 N–H and O–H groups in total. The number of rotatable bonds is 3. The molecule has 4 heteroatoms. The van der Waals surface area contributed by atoms with Crippen molar-refractivity contribution in [3.05, 3.63) is 24.1 Å². The van der Waals surface area contributed by atoms with Crippen molar-refractivity contribution < 1.29 is 9.21 Å². The van der Waals surface area contributed by atoms with Crippen LogP contribution in [0.2, 0.25) is 0 Å². The number of nitrogens with one attached hydrogen (secondary N) is 1. The molecule has 84 valence electrons. The van der Waals surface area contributed by atoms with Crippen molar-refractivity contribution in [3.8, 4) is 0 Å². The summed E-state index contributed by atoms with van der Waals surface area (Å²) >= 11 is 0. The van der Waals surface area contributed by atoms with Crippen molar-refractivity contribution in [2.45, 2.75) is 26.7 Å². The third-order valence-electron chi connectivity index (χ3n) is 2.26. The van der Waals surface area contributed by atoms with Crippen molar-refractivity contribution in [3.63, 3.8) is 0 Å². The predicted octanol–water partition coefficient (Wildman–Crippen LogP) is 2.87. The molecule has 0 aliphatic heterocycles. The molecule has 0 unspecified atom stereocenters.